The minimum absolute atomic E-state index is 0.395. The lowest BCUT2D eigenvalue weighted by Crippen LogP contribution is -2.41. The Morgan fingerprint density at radius 3 is 0.881 bits per heavy atom. The van der Waals surface area contributed by atoms with Gasteiger partial charge < -0.3 is 9.31 Å². The van der Waals surface area contributed by atoms with Crippen LogP contribution in [-0.4, -0.2) is 58.2 Å². The van der Waals surface area contributed by atoms with Gasteiger partial charge in [-0.2, -0.15) is 0 Å². The van der Waals surface area contributed by atoms with Gasteiger partial charge in [-0.05, 0) is 159 Å². The number of fused-ring (bicyclic) bond motifs is 8. The second-order valence-corrected chi connectivity index (χ2v) is 31.5. The second-order valence-electron chi connectivity index (χ2n) is 30.5. The monoisotopic (exact) mass is 1580 g/mol. The highest BCUT2D eigenvalue weighted by Crippen LogP contribution is 2.41. The van der Waals surface area contributed by atoms with Crippen LogP contribution in [0, 0.1) is 0 Å². The molecule has 5 heterocycles. The van der Waals surface area contributed by atoms with Crippen LogP contribution in [0.25, 0.3) is 189 Å². The van der Waals surface area contributed by atoms with Crippen molar-refractivity contribution < 1.29 is 9.31 Å². The summed E-state index contributed by atoms with van der Waals surface area (Å²) in [5.74, 6) is 3.87. The first-order chi connectivity index (χ1) is 57.8. The van der Waals surface area contributed by atoms with E-state index in [-0.39, 0.29) is 0 Å². The number of para-hydroxylation sites is 2. The number of benzene rings is 16. The lowest BCUT2D eigenvalue weighted by Gasteiger charge is -2.32. The molecule has 0 atom stereocenters. The number of hydrogen-bond donors (Lipinski definition) is 0. The fourth-order valence-corrected chi connectivity index (χ4v) is 15.8. The zero-order valence-corrected chi connectivity index (χ0v) is 66.9. The molecule has 0 aliphatic carbocycles. The Morgan fingerprint density at radius 2 is 0.483 bits per heavy atom. The van der Waals surface area contributed by atoms with Crippen molar-refractivity contribution in [3.05, 3.63) is 393 Å². The minimum Gasteiger partial charge on any atom is -0.398 e. The van der Waals surface area contributed by atoms with Crippen LogP contribution < -0.4 is 5.59 Å². The number of hydrogen-bond acceptors (Lipinski definition) is 10. The molecule has 21 rings (SSSR count). The van der Waals surface area contributed by atoms with Gasteiger partial charge in [0.1, 0.15) is 0 Å². The van der Waals surface area contributed by atoms with Gasteiger partial charge in [-0.25, -0.2) is 34.9 Å². The van der Waals surface area contributed by atoms with E-state index in [4.69, 9.17) is 49.2 Å². The molecule has 0 amide bonds. The van der Waals surface area contributed by atoms with Crippen molar-refractivity contribution >= 4 is 93.5 Å². The van der Waals surface area contributed by atoms with Crippen LogP contribution in [0.15, 0.2) is 393 Å². The minimum atomic E-state index is -0.483. The van der Waals surface area contributed by atoms with Crippen LogP contribution in [0.4, 0.5) is 0 Å². The van der Waals surface area contributed by atoms with E-state index in [2.05, 4.69) is 341 Å². The third-order valence-corrected chi connectivity index (χ3v) is 22.9. The first-order valence-electron chi connectivity index (χ1n) is 39.6. The van der Waals surface area contributed by atoms with E-state index in [1.807, 2.05) is 91.0 Å². The molecule has 1 aliphatic heterocycles. The van der Waals surface area contributed by atoms with Gasteiger partial charge in [-0.1, -0.05) is 350 Å². The summed E-state index contributed by atoms with van der Waals surface area (Å²) >= 11 is 3.56. The Labute approximate surface area is 693 Å². The van der Waals surface area contributed by atoms with Crippen molar-refractivity contribution in [2.24, 2.45) is 0 Å². The van der Waals surface area contributed by atoms with Crippen molar-refractivity contribution in [2.75, 3.05) is 0 Å². The summed E-state index contributed by atoms with van der Waals surface area (Å²) < 4.78 is 13.7. The highest BCUT2D eigenvalue weighted by molar-refractivity contribution is 9.10. The topological polar surface area (TPSA) is 122 Å². The normalized spacial score (nSPS) is 12.8. The number of rotatable bonds is 12. The Kier molecular flexibility index (Phi) is 20.0. The summed E-state index contributed by atoms with van der Waals surface area (Å²) in [5, 5.41) is 11.8. The molecular formula is C106H76BBrN8O2. The van der Waals surface area contributed by atoms with Crippen molar-refractivity contribution in [1.29, 1.82) is 0 Å². The summed E-state index contributed by atoms with van der Waals surface area (Å²) in [5.41, 5.74) is 18.9. The largest absolute Gasteiger partial charge is 0.515 e. The Morgan fingerprint density at radius 1 is 0.212 bits per heavy atom. The number of aromatic nitrogens is 8. The summed E-state index contributed by atoms with van der Waals surface area (Å²) in [7, 11) is -0.483. The average Bonchev–Trinajstić information content (AvgIpc) is 1.45. The highest BCUT2D eigenvalue weighted by atomic mass is 79.9. The lowest BCUT2D eigenvalue weighted by atomic mass is 9.79. The maximum Gasteiger partial charge on any atom is 0.515 e. The van der Waals surface area contributed by atoms with E-state index >= 15 is 0 Å². The molecule has 0 unspecified atom stereocenters. The van der Waals surface area contributed by atoms with Gasteiger partial charge in [0, 0.05) is 65.0 Å². The fourth-order valence-electron chi connectivity index (χ4n) is 15.4. The molecule has 4 aromatic heterocycles. The van der Waals surface area contributed by atoms with Crippen LogP contribution in [0.5, 0.6) is 0 Å². The molecule has 12 heteroatoms. The molecule has 0 saturated carbocycles. The van der Waals surface area contributed by atoms with Crippen molar-refractivity contribution in [3.63, 3.8) is 0 Å². The zero-order chi connectivity index (χ0) is 79.7. The van der Waals surface area contributed by atoms with Crippen LogP contribution in [0.2, 0.25) is 0 Å². The standard InChI is InChI=1S/C50H32N4.C33H22BrN3.C23H22BNO2/c1-3-12-33(13-4-1)34-22-26-37(27-23-34)49-52-48(36-14-5-2-6-15-36)53-50(54-49)38-28-24-35(25-29-38)39-18-11-19-42(30-39)47-45-32-41-17-8-7-16-40(41)31-44(45)43-20-9-10-21-46(43)51-47;34-30-13-7-12-29(22-30)25-16-20-28(21-17-25)33-36-31(26-10-5-2-6-11-26)35-32(37-33)27-18-14-24(15-19-27)23-8-3-1-4-9-23;1-22(2)23(3,4)27-24(26-22)21-19-14-16-10-6-5-9-15(16)13-18(19)17-11-7-8-12-20(17)25-21/h1-32H;1-22H;5-14H,1-4H3. The quantitative estimate of drug-likeness (QED) is 0.0664. The molecule has 0 N–H and O–H groups in total. The van der Waals surface area contributed by atoms with Crippen molar-refractivity contribution in [1.82, 2.24) is 39.9 Å². The van der Waals surface area contributed by atoms with Gasteiger partial charge in [0.15, 0.2) is 34.9 Å². The van der Waals surface area contributed by atoms with Gasteiger partial charge in [-0.15, -0.1) is 0 Å². The van der Waals surface area contributed by atoms with Gasteiger partial charge in [-0.3, -0.25) is 4.98 Å². The van der Waals surface area contributed by atoms with Gasteiger partial charge in [0.05, 0.1) is 33.5 Å². The predicted octanol–water partition coefficient (Wildman–Crippen LogP) is 26.5. The maximum absolute atomic E-state index is 6.33. The van der Waals surface area contributed by atoms with Gasteiger partial charge >= 0.3 is 7.12 Å². The molecule has 16 aromatic carbocycles. The van der Waals surface area contributed by atoms with E-state index in [0.29, 0.717) is 34.9 Å². The molecule has 1 fully saturated rings. The highest BCUT2D eigenvalue weighted by Gasteiger charge is 2.53. The van der Waals surface area contributed by atoms with E-state index in [0.717, 1.165) is 121 Å². The molecule has 1 saturated heterocycles. The van der Waals surface area contributed by atoms with E-state index in [9.17, 15) is 0 Å². The number of pyridine rings is 2. The van der Waals surface area contributed by atoms with Crippen LogP contribution >= 0.6 is 15.9 Å². The Hall–Kier alpha value is -14.1. The van der Waals surface area contributed by atoms with Gasteiger partial charge in [0.25, 0.3) is 0 Å². The SMILES string of the molecule is Brc1cccc(-c2ccc(-c3nc(-c4ccccc4)nc(-c4ccc(-c5ccccc5)cc4)n3)cc2)c1.CC1(C)OB(c2nc3ccccc3c3cc4ccccc4cc23)OC1(C)C.c1ccc(-c2ccc(-c3nc(-c4ccccc4)nc(-c4ccc(-c5cccc(-c6nc7ccccc7c7cc8ccccc8cc67)c5)cc4)n3)cc2)cc1. The van der Waals surface area contributed by atoms with Gasteiger partial charge in [0.2, 0.25) is 0 Å². The second kappa shape index (κ2) is 31.9. The maximum atomic E-state index is 6.33. The molecule has 0 spiro atoms. The number of nitrogens with zero attached hydrogens (tertiary/aromatic N) is 8. The van der Waals surface area contributed by atoms with Crippen LogP contribution in [0.3, 0.4) is 0 Å². The summed E-state index contributed by atoms with van der Waals surface area (Å²) in [6.45, 7) is 8.30. The summed E-state index contributed by atoms with van der Waals surface area (Å²) in [6, 6.07) is 134. The smallest absolute Gasteiger partial charge is 0.398 e. The Balaban J connectivity index is 0.000000125. The number of halogens is 1. The van der Waals surface area contributed by atoms with Crippen molar-refractivity contribution in [3.8, 4) is 124 Å². The summed E-state index contributed by atoms with van der Waals surface area (Å²) in [6.07, 6.45) is 0. The molecule has 118 heavy (non-hydrogen) atoms. The third-order valence-electron chi connectivity index (χ3n) is 22.4. The molecule has 20 aromatic rings. The van der Waals surface area contributed by atoms with Crippen LogP contribution in [-0.2, 0) is 9.31 Å². The molecule has 0 radical (unpaired) electrons. The zero-order valence-electron chi connectivity index (χ0n) is 65.3. The van der Waals surface area contributed by atoms with E-state index in [1.165, 1.54) is 43.4 Å². The average molecular weight is 1580 g/mol. The first-order valence-corrected chi connectivity index (χ1v) is 40.4. The summed E-state index contributed by atoms with van der Waals surface area (Å²) in [4.78, 5) is 39.7. The van der Waals surface area contributed by atoms with Crippen molar-refractivity contribution in [2.45, 2.75) is 38.9 Å². The fraction of sp³-hybridized carbons (Fsp3) is 0.0566. The van der Waals surface area contributed by atoms with Crippen LogP contribution in [0.1, 0.15) is 27.7 Å². The Bertz CT molecular complexity index is 7090. The molecule has 1 aliphatic rings. The van der Waals surface area contributed by atoms with E-state index < -0.39 is 18.3 Å². The molecule has 10 nitrogen and oxygen atoms in total. The molecule has 562 valence electrons. The molecular weight excluding hydrogens is 1510 g/mol. The first kappa shape index (κ1) is 74.0. The van der Waals surface area contributed by atoms with E-state index in [1.54, 1.807) is 0 Å². The lowest BCUT2D eigenvalue weighted by molar-refractivity contribution is 0.00578. The predicted molar refractivity (Wildman–Crippen MR) is 490 cm³/mol. The third kappa shape index (κ3) is 15.2. The molecule has 0 bridgehead atoms.